The molecule has 5 nitrogen and oxygen atoms in total. The molecule has 4 rings (SSSR count). The summed E-state index contributed by atoms with van der Waals surface area (Å²) >= 11 is 0. The van der Waals surface area contributed by atoms with Crippen LogP contribution in [0.15, 0.2) is 48.9 Å². The van der Waals surface area contributed by atoms with Crippen LogP contribution >= 0.6 is 0 Å². The number of rotatable bonds is 4. The molecule has 0 radical (unpaired) electrons. The maximum Gasteiger partial charge on any atom is 0.233 e. The Morgan fingerprint density at radius 3 is 3.05 bits per heavy atom. The van der Waals surface area contributed by atoms with Crippen LogP contribution in [-0.2, 0) is 18.5 Å². The zero-order chi connectivity index (χ0) is 15.0. The van der Waals surface area contributed by atoms with E-state index in [1.54, 1.807) is 6.20 Å². The van der Waals surface area contributed by atoms with Crippen molar-refractivity contribution in [2.24, 2.45) is 0 Å². The third kappa shape index (κ3) is 2.01. The van der Waals surface area contributed by atoms with Crippen molar-refractivity contribution < 1.29 is 5.11 Å². The summed E-state index contributed by atoms with van der Waals surface area (Å²) in [5.41, 5.74) is 3.22. The highest BCUT2D eigenvalue weighted by Gasteiger charge is 2.37. The summed E-state index contributed by atoms with van der Waals surface area (Å²) in [4.78, 5) is 8.54. The Balaban J connectivity index is 1.63. The van der Waals surface area contributed by atoms with Crippen LogP contribution in [0.3, 0.4) is 0 Å². The molecule has 1 aliphatic carbocycles. The van der Waals surface area contributed by atoms with Crippen molar-refractivity contribution in [3.8, 4) is 0 Å². The van der Waals surface area contributed by atoms with E-state index in [0.717, 1.165) is 18.5 Å². The molecule has 2 aromatic heterocycles. The number of hydrogen-bond acceptors (Lipinski definition) is 4. The predicted octanol–water partition coefficient (Wildman–Crippen LogP) is 1.65. The van der Waals surface area contributed by atoms with Gasteiger partial charge in [0.2, 0.25) is 5.78 Å². The molecule has 3 aromatic rings. The van der Waals surface area contributed by atoms with E-state index in [9.17, 15) is 5.11 Å². The molecule has 0 fully saturated rings. The van der Waals surface area contributed by atoms with Crippen LogP contribution in [0, 0.1) is 0 Å². The lowest BCUT2D eigenvalue weighted by Crippen LogP contribution is -2.43. The van der Waals surface area contributed by atoms with E-state index in [1.165, 1.54) is 11.1 Å². The van der Waals surface area contributed by atoms with Crippen molar-refractivity contribution in [3.05, 3.63) is 65.7 Å². The van der Waals surface area contributed by atoms with Crippen LogP contribution in [-0.4, -0.2) is 26.1 Å². The number of hydrogen-bond donors (Lipinski definition) is 2. The molecule has 0 aliphatic heterocycles. The van der Waals surface area contributed by atoms with Gasteiger partial charge in [0.1, 0.15) is 0 Å². The highest BCUT2D eigenvalue weighted by atomic mass is 16.3. The Morgan fingerprint density at radius 1 is 1.23 bits per heavy atom. The van der Waals surface area contributed by atoms with Crippen molar-refractivity contribution in [1.82, 2.24) is 19.7 Å². The fourth-order valence-electron chi connectivity index (χ4n) is 3.36. The molecule has 2 heterocycles. The van der Waals surface area contributed by atoms with Gasteiger partial charge in [0.25, 0.3) is 0 Å². The molecule has 1 unspecified atom stereocenters. The number of fused-ring (bicyclic) bond motifs is 2. The van der Waals surface area contributed by atoms with E-state index >= 15 is 0 Å². The van der Waals surface area contributed by atoms with E-state index in [4.69, 9.17) is 0 Å². The summed E-state index contributed by atoms with van der Waals surface area (Å²) in [5.74, 6) is 0.698. The van der Waals surface area contributed by atoms with Gasteiger partial charge in [-0.15, -0.1) is 0 Å². The van der Waals surface area contributed by atoms with Crippen LogP contribution in [0.5, 0.6) is 0 Å². The number of benzene rings is 1. The maximum absolute atomic E-state index is 10.0. The van der Waals surface area contributed by atoms with Gasteiger partial charge in [-0.2, -0.15) is 0 Å². The zero-order valence-corrected chi connectivity index (χ0v) is 12.2. The third-order valence-corrected chi connectivity index (χ3v) is 4.60. The average molecular weight is 294 g/mol. The molecule has 0 spiro atoms. The standard InChI is InChI=1S/C17H18N4O/c22-12-17(7-6-13-4-1-2-5-15(13)17)20-11-14-10-19-16-18-8-3-9-21(14)16/h1-5,8-10,20,22H,6-7,11-12H2. The Bertz CT molecular complexity index is 813. The molecule has 0 saturated heterocycles. The van der Waals surface area contributed by atoms with E-state index in [2.05, 4.69) is 33.5 Å². The molecule has 2 N–H and O–H groups in total. The number of nitrogens with zero attached hydrogens (tertiary/aromatic N) is 3. The van der Waals surface area contributed by atoms with Gasteiger partial charge in [-0.05, 0) is 30.0 Å². The summed E-state index contributed by atoms with van der Waals surface area (Å²) < 4.78 is 1.97. The lowest BCUT2D eigenvalue weighted by atomic mass is 9.92. The molecule has 1 aliphatic rings. The summed E-state index contributed by atoms with van der Waals surface area (Å²) in [6.07, 6.45) is 7.44. The van der Waals surface area contributed by atoms with Crippen LogP contribution in [0.4, 0.5) is 0 Å². The highest BCUT2D eigenvalue weighted by molar-refractivity contribution is 5.39. The highest BCUT2D eigenvalue weighted by Crippen LogP contribution is 2.36. The lowest BCUT2D eigenvalue weighted by molar-refractivity contribution is 0.158. The first-order chi connectivity index (χ1) is 10.8. The molecular formula is C17H18N4O. The summed E-state index contributed by atoms with van der Waals surface area (Å²) in [6, 6.07) is 10.2. The second-order valence-electron chi connectivity index (χ2n) is 5.79. The number of nitrogens with one attached hydrogen (secondary N) is 1. The molecular weight excluding hydrogens is 276 g/mol. The SMILES string of the molecule is OCC1(NCc2cnc3ncccn23)CCc2ccccc21. The number of aromatic nitrogens is 3. The van der Waals surface area contributed by atoms with Gasteiger partial charge in [0, 0.05) is 18.9 Å². The smallest absolute Gasteiger partial charge is 0.233 e. The van der Waals surface area contributed by atoms with E-state index in [-0.39, 0.29) is 12.1 Å². The molecule has 1 aromatic carbocycles. The largest absolute Gasteiger partial charge is 0.394 e. The quantitative estimate of drug-likeness (QED) is 0.768. The Labute approximate surface area is 128 Å². The minimum absolute atomic E-state index is 0.0962. The Hall–Kier alpha value is -2.24. The van der Waals surface area contributed by atoms with Gasteiger partial charge < -0.3 is 5.11 Å². The zero-order valence-electron chi connectivity index (χ0n) is 12.2. The van der Waals surface area contributed by atoms with Crippen molar-refractivity contribution in [3.63, 3.8) is 0 Å². The van der Waals surface area contributed by atoms with Gasteiger partial charge in [0.05, 0.1) is 24.0 Å². The maximum atomic E-state index is 10.0. The first kappa shape index (κ1) is 13.4. The first-order valence-electron chi connectivity index (χ1n) is 7.54. The summed E-state index contributed by atoms with van der Waals surface area (Å²) in [6.45, 7) is 0.737. The van der Waals surface area contributed by atoms with Gasteiger partial charge in [-0.3, -0.25) is 9.72 Å². The number of aliphatic hydroxyl groups excluding tert-OH is 1. The number of aryl methyl sites for hydroxylation is 1. The van der Waals surface area contributed by atoms with Crippen molar-refractivity contribution in [2.75, 3.05) is 6.61 Å². The lowest BCUT2D eigenvalue weighted by Gasteiger charge is -2.29. The summed E-state index contributed by atoms with van der Waals surface area (Å²) in [7, 11) is 0. The topological polar surface area (TPSA) is 62.5 Å². The minimum Gasteiger partial charge on any atom is -0.394 e. The third-order valence-electron chi connectivity index (χ3n) is 4.60. The predicted molar refractivity (Wildman–Crippen MR) is 83.4 cm³/mol. The van der Waals surface area contributed by atoms with Crippen LogP contribution < -0.4 is 5.32 Å². The van der Waals surface area contributed by atoms with Gasteiger partial charge in [-0.1, -0.05) is 24.3 Å². The molecule has 0 saturated carbocycles. The van der Waals surface area contributed by atoms with E-state index in [0.29, 0.717) is 12.3 Å². The van der Waals surface area contributed by atoms with Crippen LogP contribution in [0.2, 0.25) is 0 Å². The van der Waals surface area contributed by atoms with E-state index in [1.807, 2.05) is 28.9 Å². The fourth-order valence-corrected chi connectivity index (χ4v) is 3.36. The van der Waals surface area contributed by atoms with Gasteiger partial charge >= 0.3 is 0 Å². The molecule has 0 amide bonds. The molecule has 1 atom stereocenters. The molecule has 0 bridgehead atoms. The number of aliphatic hydroxyl groups is 1. The normalized spacial score (nSPS) is 20.4. The van der Waals surface area contributed by atoms with Crippen molar-refractivity contribution in [2.45, 2.75) is 24.9 Å². The number of imidazole rings is 1. The van der Waals surface area contributed by atoms with Crippen LogP contribution in [0.25, 0.3) is 5.78 Å². The monoisotopic (exact) mass is 294 g/mol. The summed E-state index contributed by atoms with van der Waals surface area (Å²) in [5, 5.41) is 13.6. The van der Waals surface area contributed by atoms with Crippen LogP contribution in [0.1, 0.15) is 23.2 Å². The molecule has 5 heteroatoms. The van der Waals surface area contributed by atoms with Crippen molar-refractivity contribution in [1.29, 1.82) is 0 Å². The molecule has 112 valence electrons. The van der Waals surface area contributed by atoms with Gasteiger partial charge in [-0.25, -0.2) is 9.97 Å². The van der Waals surface area contributed by atoms with Gasteiger partial charge in [0.15, 0.2) is 0 Å². The first-order valence-corrected chi connectivity index (χ1v) is 7.54. The van der Waals surface area contributed by atoms with E-state index < -0.39 is 0 Å². The second-order valence-corrected chi connectivity index (χ2v) is 5.79. The Kier molecular flexibility index (Phi) is 3.17. The Morgan fingerprint density at radius 2 is 2.14 bits per heavy atom. The minimum atomic E-state index is -0.358. The second kappa shape index (κ2) is 5.19. The van der Waals surface area contributed by atoms with Crippen molar-refractivity contribution >= 4 is 5.78 Å². The fraction of sp³-hybridized carbons (Fsp3) is 0.294. The average Bonchev–Trinajstić information content (AvgIpc) is 3.15. The molecule has 22 heavy (non-hydrogen) atoms.